The topological polar surface area (TPSA) is 87.1 Å². The number of hydrogen-bond acceptors (Lipinski definition) is 5. The number of aromatic amines is 1. The van der Waals surface area contributed by atoms with Crippen molar-refractivity contribution < 1.29 is 6.22 Å². The Morgan fingerprint density at radius 3 is 2.79 bits per heavy atom. The van der Waals surface area contributed by atoms with Crippen molar-refractivity contribution in [2.75, 3.05) is 25.0 Å². The number of nitrogens with zero attached hydrogens (tertiary/aromatic N) is 5. The Kier molecular flexibility index (Phi) is 4.62. The van der Waals surface area contributed by atoms with Crippen molar-refractivity contribution >= 4 is 22.8 Å². The summed E-state index contributed by atoms with van der Waals surface area (Å²) in [7, 11) is 3.51. The third kappa shape index (κ3) is 3.15. The van der Waals surface area contributed by atoms with E-state index in [1.165, 1.54) is 4.57 Å². The van der Waals surface area contributed by atoms with Crippen LogP contribution in [-0.2, 0) is 7.05 Å². The largest absolute Gasteiger partial charge is 0.357 e. The molecule has 0 saturated carbocycles. The van der Waals surface area contributed by atoms with Gasteiger partial charge in [-0.15, -0.1) is 0 Å². The highest BCUT2D eigenvalue weighted by atomic mass is 16.2. The van der Waals surface area contributed by atoms with Gasteiger partial charge in [-0.25, -0.2) is 9.97 Å². The fraction of sp³-hybridized carbons (Fsp3) is 0.400. The number of carbonyl (C=O) groups excluding carboxylic acids is 1. The third-order valence-electron chi connectivity index (χ3n) is 5.52. The first-order valence-corrected chi connectivity index (χ1v) is 9.44. The van der Waals surface area contributed by atoms with Gasteiger partial charge < -0.3 is 19.4 Å². The number of hydrogen-bond donors (Lipinski definition) is 1. The predicted molar refractivity (Wildman–Crippen MR) is 110 cm³/mol. The maximum Gasteiger partial charge on any atom is 0.274 e. The zero-order chi connectivity index (χ0) is 19.8. The van der Waals surface area contributed by atoms with Gasteiger partial charge in [-0.1, -0.05) is 0 Å². The van der Waals surface area contributed by atoms with Gasteiger partial charge in [0.1, 0.15) is 5.52 Å². The van der Waals surface area contributed by atoms with Gasteiger partial charge in [-0.05, 0) is 31.9 Å². The van der Waals surface area contributed by atoms with E-state index in [4.69, 9.17) is 0 Å². The first-order chi connectivity index (χ1) is 13.5. The highest BCUT2D eigenvalue weighted by Gasteiger charge is 2.28. The number of piperidine rings is 1. The molecule has 1 saturated heterocycles. The van der Waals surface area contributed by atoms with Gasteiger partial charge in [-0.2, -0.15) is 0 Å². The van der Waals surface area contributed by atoms with E-state index in [1.54, 1.807) is 36.6 Å². The molecule has 1 aliphatic heterocycles. The van der Waals surface area contributed by atoms with Crippen molar-refractivity contribution in [2.24, 2.45) is 7.05 Å². The third-order valence-corrected chi connectivity index (χ3v) is 5.52. The first-order valence-electron chi connectivity index (χ1n) is 9.44. The molecule has 8 nitrogen and oxygen atoms in total. The molecule has 0 aliphatic carbocycles. The number of carbonyl (C=O) groups is 1. The smallest absolute Gasteiger partial charge is 0.274 e. The predicted octanol–water partition coefficient (Wildman–Crippen LogP) is 1.95. The van der Waals surface area contributed by atoms with E-state index in [-0.39, 0.29) is 18.9 Å². The van der Waals surface area contributed by atoms with E-state index in [2.05, 4.69) is 19.9 Å². The molecule has 8 heteroatoms. The van der Waals surface area contributed by atoms with Crippen LogP contribution >= 0.6 is 0 Å². The van der Waals surface area contributed by atoms with Gasteiger partial charge in [0.15, 0.2) is 0 Å². The number of nitrogens with one attached hydrogen (secondary N) is 1. The molecule has 0 atom stereocenters. The molecule has 4 rings (SSSR count). The van der Waals surface area contributed by atoms with Gasteiger partial charge >= 0.3 is 0 Å². The van der Waals surface area contributed by atoms with E-state index in [0.29, 0.717) is 16.5 Å². The van der Waals surface area contributed by atoms with Crippen LogP contribution in [0.2, 0.25) is 0 Å². The van der Waals surface area contributed by atoms with E-state index in [0.717, 1.165) is 37.6 Å². The number of aryl methyl sites for hydroxylation is 2. The van der Waals surface area contributed by atoms with E-state index < -0.39 is 0 Å². The molecule has 148 valence electrons. The Morgan fingerprint density at radius 1 is 1.32 bits per heavy atom. The minimum absolute atomic E-state index is 0. The number of pyridine rings is 1. The maximum atomic E-state index is 13.2. The molecule has 0 aromatic carbocycles. The van der Waals surface area contributed by atoms with Crippen LogP contribution in [0, 0.1) is 6.92 Å². The normalized spacial score (nSPS) is 15.2. The number of aromatic nitrogens is 4. The average Bonchev–Trinajstić information content (AvgIpc) is 3.20. The van der Waals surface area contributed by atoms with Crippen LogP contribution in [0.15, 0.2) is 35.5 Å². The molecular weight excluding hydrogens is 356 g/mol. The molecule has 1 amide bonds. The summed E-state index contributed by atoms with van der Waals surface area (Å²) in [5.41, 5.74) is 1.83. The van der Waals surface area contributed by atoms with Gasteiger partial charge in [0.25, 0.3) is 11.5 Å². The van der Waals surface area contributed by atoms with Crippen molar-refractivity contribution in [1.29, 1.82) is 0 Å². The maximum absolute atomic E-state index is 13.2. The highest BCUT2D eigenvalue weighted by Crippen LogP contribution is 2.22. The van der Waals surface area contributed by atoms with Gasteiger partial charge in [0.05, 0.1) is 5.56 Å². The van der Waals surface area contributed by atoms with Crippen LogP contribution in [-0.4, -0.2) is 56.5 Å². The lowest BCUT2D eigenvalue weighted by Crippen LogP contribution is -2.46. The summed E-state index contributed by atoms with van der Waals surface area (Å²) in [5.74, 6) is 0.685. The minimum Gasteiger partial charge on any atom is -0.357 e. The molecule has 4 heterocycles. The van der Waals surface area contributed by atoms with E-state index in [1.807, 2.05) is 20.0 Å². The molecular formula is C20H26N6O2. The van der Waals surface area contributed by atoms with Gasteiger partial charge in [-0.3, -0.25) is 9.59 Å². The zero-order valence-electron chi connectivity index (χ0n) is 16.3. The Bertz CT molecular complexity index is 1080. The molecule has 0 radical (unpaired) electrons. The van der Waals surface area contributed by atoms with Crippen LogP contribution < -0.4 is 10.5 Å². The quantitative estimate of drug-likeness (QED) is 0.748. The second kappa shape index (κ2) is 7.10. The molecule has 3 aromatic heterocycles. The molecule has 3 aromatic rings. The molecule has 0 bridgehead atoms. The fourth-order valence-corrected chi connectivity index (χ4v) is 3.84. The molecule has 0 spiro atoms. The molecule has 0 unspecified atom stereocenters. The van der Waals surface area contributed by atoms with E-state index >= 15 is 0 Å². The van der Waals surface area contributed by atoms with Crippen molar-refractivity contribution in [3.63, 3.8) is 0 Å². The summed E-state index contributed by atoms with van der Waals surface area (Å²) in [6, 6.07) is 3.81. The van der Waals surface area contributed by atoms with Crippen molar-refractivity contribution in [1.82, 2.24) is 24.4 Å². The van der Waals surface area contributed by atoms with Crippen LogP contribution in [0.1, 0.15) is 30.3 Å². The van der Waals surface area contributed by atoms with Crippen LogP contribution in [0.4, 0.5) is 5.95 Å². The first kappa shape index (κ1) is 18.2. The Hall–Kier alpha value is -3.16. The standard InChI is InChI=1S/C20H24N6O2.H2/c1-13-4-8-22-20(23-13)26-10-6-14(7-11-26)25(3)18(27)16-12-24(2)19(28)17-15(16)5-9-21-17;/h4-5,8-9,12,14,21H,6-7,10-11H2,1-3H3;1H. The number of rotatable bonds is 3. The summed E-state index contributed by atoms with van der Waals surface area (Å²) in [5, 5.41) is 0.672. The lowest BCUT2D eigenvalue weighted by Gasteiger charge is -2.36. The number of fused-ring (bicyclic) bond motifs is 1. The Labute approximate surface area is 164 Å². The SMILES string of the molecule is Cc1ccnc(N2CCC(N(C)C(=O)c3cn(C)c(=O)c4[nH]ccc34)CC2)n1.[HH]. The van der Waals surface area contributed by atoms with Crippen LogP contribution in [0.25, 0.3) is 10.9 Å². The second-order valence-electron chi connectivity index (χ2n) is 7.36. The average molecular weight is 382 g/mol. The monoisotopic (exact) mass is 382 g/mol. The lowest BCUT2D eigenvalue weighted by molar-refractivity contribution is 0.0710. The molecule has 1 aliphatic rings. The van der Waals surface area contributed by atoms with Crippen molar-refractivity contribution in [2.45, 2.75) is 25.8 Å². The fourth-order valence-electron chi connectivity index (χ4n) is 3.84. The summed E-state index contributed by atoms with van der Waals surface area (Å²) < 4.78 is 1.46. The Morgan fingerprint density at radius 2 is 2.07 bits per heavy atom. The molecule has 1 fully saturated rings. The molecule has 28 heavy (non-hydrogen) atoms. The van der Waals surface area contributed by atoms with Crippen LogP contribution in [0.3, 0.4) is 0 Å². The van der Waals surface area contributed by atoms with E-state index in [9.17, 15) is 9.59 Å². The lowest BCUT2D eigenvalue weighted by atomic mass is 10.0. The minimum atomic E-state index is -0.134. The summed E-state index contributed by atoms with van der Waals surface area (Å²) >= 11 is 0. The summed E-state index contributed by atoms with van der Waals surface area (Å²) in [6.07, 6.45) is 6.81. The second-order valence-corrected chi connectivity index (χ2v) is 7.36. The van der Waals surface area contributed by atoms with Crippen molar-refractivity contribution in [3.05, 3.63) is 52.3 Å². The Balaban J connectivity index is 0.00000240. The van der Waals surface area contributed by atoms with Gasteiger partial charge in [0.2, 0.25) is 5.95 Å². The van der Waals surface area contributed by atoms with Crippen molar-refractivity contribution in [3.8, 4) is 0 Å². The van der Waals surface area contributed by atoms with Crippen LogP contribution in [0.5, 0.6) is 0 Å². The summed E-state index contributed by atoms with van der Waals surface area (Å²) in [6.45, 7) is 3.57. The number of H-pyrrole nitrogens is 1. The van der Waals surface area contributed by atoms with Gasteiger partial charge in [0, 0.05) is 64.3 Å². The summed E-state index contributed by atoms with van der Waals surface area (Å²) in [4.78, 5) is 41.2. The number of amides is 1. The molecule has 1 N–H and O–H groups in total. The highest BCUT2D eigenvalue weighted by molar-refractivity contribution is 6.05. The number of anilines is 1. The zero-order valence-corrected chi connectivity index (χ0v) is 16.3.